The summed E-state index contributed by atoms with van der Waals surface area (Å²) in [6, 6.07) is 4.31. The minimum absolute atomic E-state index is 0.0231. The molecule has 1 heterocycles. The fraction of sp³-hybridized carbons (Fsp3) is 0.0833. The van der Waals surface area contributed by atoms with E-state index in [2.05, 4.69) is 10.4 Å². The van der Waals surface area contributed by atoms with Crippen LogP contribution in [0.3, 0.4) is 0 Å². The van der Waals surface area contributed by atoms with Gasteiger partial charge in [-0.2, -0.15) is 5.10 Å². The molecule has 0 spiro atoms. The van der Waals surface area contributed by atoms with Crippen molar-refractivity contribution in [2.45, 2.75) is 0 Å². The summed E-state index contributed by atoms with van der Waals surface area (Å²) in [6.07, 6.45) is 1.29. The maximum absolute atomic E-state index is 12.1. The molecular formula is C12H11ClN4O3. The summed E-state index contributed by atoms with van der Waals surface area (Å²) in [6.45, 7) is 0. The SMILES string of the molecule is Cn1ncc(C(=O)Nc2c(Cl)cccc2C(=O)O)c1N. The summed E-state index contributed by atoms with van der Waals surface area (Å²) in [5.41, 5.74) is 5.75. The van der Waals surface area contributed by atoms with Crippen LogP contribution in [-0.2, 0) is 7.05 Å². The highest BCUT2D eigenvalue weighted by atomic mass is 35.5. The number of nitrogens with zero attached hydrogens (tertiary/aromatic N) is 2. The molecule has 1 aromatic carbocycles. The minimum atomic E-state index is -1.19. The number of hydrogen-bond acceptors (Lipinski definition) is 4. The number of aromatic nitrogens is 2. The van der Waals surface area contributed by atoms with Gasteiger partial charge in [0.2, 0.25) is 0 Å². The van der Waals surface area contributed by atoms with Gasteiger partial charge in [-0.1, -0.05) is 17.7 Å². The van der Waals surface area contributed by atoms with Crippen LogP contribution in [0, 0.1) is 0 Å². The molecule has 0 unspecified atom stereocenters. The molecule has 0 atom stereocenters. The highest BCUT2D eigenvalue weighted by Crippen LogP contribution is 2.27. The van der Waals surface area contributed by atoms with Gasteiger partial charge in [0.15, 0.2) is 0 Å². The van der Waals surface area contributed by atoms with Crippen molar-refractivity contribution in [2.24, 2.45) is 7.05 Å². The van der Waals surface area contributed by atoms with E-state index in [1.807, 2.05) is 0 Å². The molecule has 8 heteroatoms. The molecule has 0 saturated heterocycles. The Labute approximate surface area is 119 Å². The Morgan fingerprint density at radius 3 is 2.65 bits per heavy atom. The van der Waals surface area contributed by atoms with Crippen LogP contribution in [0.4, 0.5) is 11.5 Å². The Hall–Kier alpha value is -2.54. The van der Waals surface area contributed by atoms with Gasteiger partial charge in [-0.15, -0.1) is 0 Å². The smallest absolute Gasteiger partial charge is 0.337 e. The summed E-state index contributed by atoms with van der Waals surface area (Å²) >= 11 is 5.92. The van der Waals surface area contributed by atoms with Crippen LogP contribution in [0.15, 0.2) is 24.4 Å². The van der Waals surface area contributed by atoms with Gasteiger partial charge in [0.1, 0.15) is 11.4 Å². The van der Waals surface area contributed by atoms with E-state index < -0.39 is 11.9 Å². The Bertz CT molecular complexity index is 696. The van der Waals surface area contributed by atoms with Gasteiger partial charge in [0.05, 0.1) is 22.5 Å². The molecule has 104 valence electrons. The average molecular weight is 295 g/mol. The largest absolute Gasteiger partial charge is 0.478 e. The number of rotatable bonds is 3. The van der Waals surface area contributed by atoms with E-state index in [1.165, 1.54) is 29.1 Å². The van der Waals surface area contributed by atoms with Crippen molar-refractivity contribution in [3.63, 3.8) is 0 Å². The molecule has 0 aliphatic carbocycles. The van der Waals surface area contributed by atoms with Crippen molar-refractivity contribution < 1.29 is 14.7 Å². The van der Waals surface area contributed by atoms with E-state index in [0.29, 0.717) is 0 Å². The van der Waals surface area contributed by atoms with Gasteiger partial charge < -0.3 is 16.2 Å². The average Bonchev–Trinajstić information content (AvgIpc) is 2.72. The number of nitrogen functional groups attached to an aromatic ring is 1. The van der Waals surface area contributed by atoms with E-state index in [0.717, 1.165) is 0 Å². The molecule has 1 amide bonds. The summed E-state index contributed by atoms with van der Waals surface area (Å²) in [7, 11) is 1.59. The van der Waals surface area contributed by atoms with Gasteiger partial charge in [-0.25, -0.2) is 4.79 Å². The van der Waals surface area contributed by atoms with Crippen LogP contribution in [0.1, 0.15) is 20.7 Å². The summed E-state index contributed by atoms with van der Waals surface area (Å²) in [5, 5.41) is 15.5. The summed E-state index contributed by atoms with van der Waals surface area (Å²) < 4.78 is 1.33. The van der Waals surface area contributed by atoms with E-state index in [4.69, 9.17) is 22.4 Å². The first kappa shape index (κ1) is 13.9. The van der Waals surface area contributed by atoms with Gasteiger partial charge in [0.25, 0.3) is 5.91 Å². The van der Waals surface area contributed by atoms with Gasteiger partial charge in [-0.3, -0.25) is 9.48 Å². The van der Waals surface area contributed by atoms with E-state index >= 15 is 0 Å². The monoisotopic (exact) mass is 294 g/mol. The number of carbonyl (C=O) groups is 2. The second-order valence-electron chi connectivity index (χ2n) is 3.99. The number of nitrogens with one attached hydrogen (secondary N) is 1. The van der Waals surface area contributed by atoms with Crippen molar-refractivity contribution >= 4 is 35.0 Å². The summed E-state index contributed by atoms with van der Waals surface area (Å²) in [4.78, 5) is 23.2. The third-order valence-corrected chi connectivity index (χ3v) is 3.03. The standard InChI is InChI=1S/C12H11ClN4O3/c1-17-10(14)7(5-15-17)11(18)16-9-6(12(19)20)3-2-4-8(9)13/h2-5H,14H2,1H3,(H,16,18)(H,19,20). The maximum atomic E-state index is 12.1. The lowest BCUT2D eigenvalue weighted by Crippen LogP contribution is -2.16. The third kappa shape index (κ3) is 2.43. The number of para-hydroxylation sites is 1. The number of aromatic carboxylic acids is 1. The molecule has 2 rings (SSSR count). The molecule has 0 bridgehead atoms. The zero-order valence-electron chi connectivity index (χ0n) is 10.4. The predicted octanol–water partition coefficient (Wildman–Crippen LogP) is 1.61. The molecule has 4 N–H and O–H groups in total. The molecular weight excluding hydrogens is 284 g/mol. The second-order valence-corrected chi connectivity index (χ2v) is 4.40. The lowest BCUT2D eigenvalue weighted by atomic mass is 10.1. The molecule has 0 aliphatic rings. The number of carbonyl (C=O) groups excluding carboxylic acids is 1. The topological polar surface area (TPSA) is 110 Å². The number of hydrogen-bond donors (Lipinski definition) is 3. The zero-order valence-corrected chi connectivity index (χ0v) is 11.2. The number of carboxylic acid groups (broad SMARTS) is 1. The molecule has 0 fully saturated rings. The van der Waals surface area contributed by atoms with Crippen LogP contribution in [0.2, 0.25) is 5.02 Å². The Morgan fingerprint density at radius 2 is 2.10 bits per heavy atom. The van der Waals surface area contributed by atoms with Crippen LogP contribution in [0.5, 0.6) is 0 Å². The normalized spacial score (nSPS) is 10.3. The van der Waals surface area contributed by atoms with Gasteiger partial charge in [-0.05, 0) is 12.1 Å². The Balaban J connectivity index is 2.38. The molecule has 20 heavy (non-hydrogen) atoms. The van der Waals surface area contributed by atoms with Gasteiger partial charge >= 0.3 is 5.97 Å². The fourth-order valence-electron chi connectivity index (χ4n) is 1.63. The molecule has 0 aliphatic heterocycles. The van der Waals surface area contributed by atoms with Crippen molar-refractivity contribution in [1.29, 1.82) is 0 Å². The highest BCUT2D eigenvalue weighted by molar-refractivity contribution is 6.35. The maximum Gasteiger partial charge on any atom is 0.337 e. The lowest BCUT2D eigenvalue weighted by Gasteiger charge is -2.10. The third-order valence-electron chi connectivity index (χ3n) is 2.71. The molecule has 0 radical (unpaired) electrons. The molecule has 2 aromatic rings. The van der Waals surface area contributed by atoms with Crippen molar-refractivity contribution in [1.82, 2.24) is 9.78 Å². The van der Waals surface area contributed by atoms with Crippen LogP contribution in [0.25, 0.3) is 0 Å². The fourth-order valence-corrected chi connectivity index (χ4v) is 1.85. The highest BCUT2D eigenvalue weighted by Gasteiger charge is 2.19. The van der Waals surface area contributed by atoms with Crippen LogP contribution in [-0.4, -0.2) is 26.8 Å². The number of anilines is 2. The number of aryl methyl sites for hydroxylation is 1. The first-order valence-corrected chi connectivity index (χ1v) is 5.90. The first-order valence-electron chi connectivity index (χ1n) is 5.52. The van der Waals surface area contributed by atoms with E-state index in [9.17, 15) is 9.59 Å². The number of benzene rings is 1. The quantitative estimate of drug-likeness (QED) is 0.796. The van der Waals surface area contributed by atoms with E-state index in [1.54, 1.807) is 7.05 Å². The molecule has 7 nitrogen and oxygen atoms in total. The predicted molar refractivity (Wildman–Crippen MR) is 74.0 cm³/mol. The van der Waals surface area contributed by atoms with Crippen molar-refractivity contribution in [3.8, 4) is 0 Å². The number of nitrogens with two attached hydrogens (primary N) is 1. The minimum Gasteiger partial charge on any atom is -0.478 e. The van der Waals surface area contributed by atoms with Crippen molar-refractivity contribution in [2.75, 3.05) is 11.1 Å². The Kier molecular flexibility index (Phi) is 3.62. The number of halogens is 1. The van der Waals surface area contributed by atoms with Crippen LogP contribution < -0.4 is 11.1 Å². The first-order chi connectivity index (χ1) is 9.41. The Morgan fingerprint density at radius 1 is 1.40 bits per heavy atom. The van der Waals surface area contributed by atoms with Crippen molar-refractivity contribution in [3.05, 3.63) is 40.5 Å². The molecule has 0 saturated carbocycles. The van der Waals surface area contributed by atoms with Gasteiger partial charge in [0, 0.05) is 7.05 Å². The van der Waals surface area contributed by atoms with Crippen LogP contribution >= 0.6 is 11.6 Å². The summed E-state index contributed by atoms with van der Waals surface area (Å²) in [5.74, 6) is -1.60. The lowest BCUT2D eigenvalue weighted by molar-refractivity contribution is 0.0698. The number of amides is 1. The zero-order chi connectivity index (χ0) is 14.9. The molecule has 1 aromatic heterocycles. The second kappa shape index (κ2) is 5.22. The number of carboxylic acids is 1. The van der Waals surface area contributed by atoms with E-state index in [-0.39, 0.29) is 27.7 Å².